The fourth-order valence-electron chi connectivity index (χ4n) is 2.31. The highest BCUT2D eigenvalue weighted by Gasteiger charge is 2.34. The standard InChI is InChI=1S/C12H13Br2ClO3S/c1-18-12-9(4-8(15)5-10(12)13)11(14)7-2-3-19(16,17)6-7/h4-5,7,11H,2-3,6H2,1H3. The van der Waals surface area contributed by atoms with Crippen molar-refractivity contribution in [1.82, 2.24) is 0 Å². The van der Waals surface area contributed by atoms with Gasteiger partial charge in [-0.05, 0) is 40.4 Å². The van der Waals surface area contributed by atoms with Crippen LogP contribution in [-0.4, -0.2) is 27.0 Å². The molecule has 1 fully saturated rings. The Morgan fingerprint density at radius 2 is 2.16 bits per heavy atom. The van der Waals surface area contributed by atoms with Crippen LogP contribution in [0.1, 0.15) is 16.8 Å². The quantitative estimate of drug-likeness (QED) is 0.679. The molecule has 2 rings (SSSR count). The maximum atomic E-state index is 11.6. The van der Waals surface area contributed by atoms with E-state index in [0.29, 0.717) is 17.2 Å². The zero-order valence-electron chi connectivity index (χ0n) is 10.2. The minimum absolute atomic E-state index is 0.0456. The number of alkyl halides is 1. The first-order valence-electron chi connectivity index (χ1n) is 5.71. The molecule has 3 nitrogen and oxygen atoms in total. The number of sulfone groups is 1. The molecule has 1 aliphatic heterocycles. The zero-order chi connectivity index (χ0) is 14.2. The fraction of sp³-hybridized carbons (Fsp3) is 0.500. The van der Waals surface area contributed by atoms with Gasteiger partial charge in [0.2, 0.25) is 0 Å². The van der Waals surface area contributed by atoms with Crippen LogP contribution < -0.4 is 4.74 Å². The highest BCUT2D eigenvalue weighted by Crippen LogP contribution is 2.45. The Labute approximate surface area is 134 Å². The molecule has 0 amide bonds. The van der Waals surface area contributed by atoms with E-state index in [1.54, 1.807) is 13.2 Å². The summed E-state index contributed by atoms with van der Waals surface area (Å²) >= 11 is 13.1. The molecule has 2 atom stereocenters. The van der Waals surface area contributed by atoms with Crippen LogP contribution >= 0.6 is 43.5 Å². The Kier molecular flexibility index (Phi) is 4.86. The van der Waals surface area contributed by atoms with E-state index in [0.717, 1.165) is 10.0 Å². The predicted molar refractivity (Wildman–Crippen MR) is 84.1 cm³/mol. The number of ether oxygens (including phenoxy) is 1. The van der Waals surface area contributed by atoms with Crippen LogP contribution in [0.15, 0.2) is 16.6 Å². The molecule has 0 radical (unpaired) electrons. The first-order valence-corrected chi connectivity index (χ1v) is 9.62. The van der Waals surface area contributed by atoms with E-state index < -0.39 is 9.84 Å². The van der Waals surface area contributed by atoms with Gasteiger partial charge in [-0.1, -0.05) is 27.5 Å². The summed E-state index contributed by atoms with van der Waals surface area (Å²) in [6.07, 6.45) is 0.658. The lowest BCUT2D eigenvalue weighted by atomic mass is 9.98. The van der Waals surface area contributed by atoms with E-state index in [9.17, 15) is 8.42 Å². The number of benzene rings is 1. The summed E-state index contributed by atoms with van der Waals surface area (Å²) in [5.41, 5.74) is 0.879. The Balaban J connectivity index is 2.36. The number of hydrogen-bond donors (Lipinski definition) is 0. The van der Waals surface area contributed by atoms with E-state index in [1.807, 2.05) is 6.07 Å². The van der Waals surface area contributed by atoms with Crippen molar-refractivity contribution in [3.8, 4) is 5.75 Å². The summed E-state index contributed by atoms with van der Waals surface area (Å²) in [5, 5.41) is 0.591. The molecule has 0 spiro atoms. The largest absolute Gasteiger partial charge is 0.495 e. The fourth-order valence-corrected chi connectivity index (χ4v) is 6.18. The second kappa shape index (κ2) is 5.92. The summed E-state index contributed by atoms with van der Waals surface area (Å²) in [6.45, 7) is 0. The maximum absolute atomic E-state index is 11.6. The van der Waals surface area contributed by atoms with Gasteiger partial charge < -0.3 is 4.74 Å². The summed E-state index contributed by atoms with van der Waals surface area (Å²) in [6, 6.07) is 3.57. The smallest absolute Gasteiger partial charge is 0.150 e. The molecule has 1 aromatic carbocycles. The number of hydrogen-bond acceptors (Lipinski definition) is 3. The van der Waals surface area contributed by atoms with Crippen molar-refractivity contribution in [2.45, 2.75) is 11.2 Å². The Morgan fingerprint density at radius 1 is 1.47 bits per heavy atom. The third-order valence-electron chi connectivity index (χ3n) is 3.22. The normalized spacial score (nSPS) is 23.3. The van der Waals surface area contributed by atoms with E-state index in [1.165, 1.54) is 0 Å². The van der Waals surface area contributed by atoms with Crippen molar-refractivity contribution in [3.05, 3.63) is 27.2 Å². The average Bonchev–Trinajstić information content (AvgIpc) is 2.68. The Bertz CT molecular complexity index is 589. The van der Waals surface area contributed by atoms with Gasteiger partial charge in [0.05, 0.1) is 23.1 Å². The van der Waals surface area contributed by atoms with Crippen LogP contribution in [0.25, 0.3) is 0 Å². The minimum atomic E-state index is -2.90. The third-order valence-corrected chi connectivity index (χ3v) is 7.06. The molecular weight excluding hydrogens is 419 g/mol. The maximum Gasteiger partial charge on any atom is 0.150 e. The SMILES string of the molecule is COc1c(Br)cc(Cl)cc1C(Br)C1CCS(=O)(=O)C1. The van der Waals surface area contributed by atoms with E-state index in [2.05, 4.69) is 31.9 Å². The molecule has 1 saturated heterocycles. The zero-order valence-corrected chi connectivity index (χ0v) is 14.9. The molecule has 19 heavy (non-hydrogen) atoms. The molecule has 0 saturated carbocycles. The summed E-state index contributed by atoms with van der Waals surface area (Å²) in [4.78, 5) is -0.0882. The summed E-state index contributed by atoms with van der Waals surface area (Å²) in [7, 11) is -1.32. The van der Waals surface area contributed by atoms with Crippen molar-refractivity contribution in [2.24, 2.45) is 5.92 Å². The summed E-state index contributed by atoms with van der Waals surface area (Å²) < 4.78 is 29.3. The molecule has 2 unspecified atom stereocenters. The molecule has 0 bridgehead atoms. The topological polar surface area (TPSA) is 43.4 Å². The molecule has 106 valence electrons. The van der Waals surface area contributed by atoms with Crippen molar-refractivity contribution in [1.29, 1.82) is 0 Å². The van der Waals surface area contributed by atoms with Crippen LogP contribution in [0.3, 0.4) is 0 Å². The molecular formula is C12H13Br2ClO3S. The van der Waals surface area contributed by atoms with Crippen LogP contribution in [0, 0.1) is 5.92 Å². The molecule has 1 heterocycles. The van der Waals surface area contributed by atoms with Gasteiger partial charge in [0, 0.05) is 15.4 Å². The van der Waals surface area contributed by atoms with Gasteiger partial charge in [-0.3, -0.25) is 0 Å². The van der Waals surface area contributed by atoms with Gasteiger partial charge in [0.25, 0.3) is 0 Å². The van der Waals surface area contributed by atoms with Crippen molar-refractivity contribution in [2.75, 3.05) is 18.6 Å². The molecule has 1 aromatic rings. The highest BCUT2D eigenvalue weighted by atomic mass is 79.9. The van der Waals surface area contributed by atoms with E-state index >= 15 is 0 Å². The number of methoxy groups -OCH3 is 1. The second-order valence-electron chi connectivity index (χ2n) is 4.57. The lowest BCUT2D eigenvalue weighted by Gasteiger charge is -2.20. The average molecular weight is 433 g/mol. The van der Waals surface area contributed by atoms with Crippen molar-refractivity contribution >= 4 is 53.3 Å². The predicted octanol–water partition coefficient (Wildman–Crippen LogP) is 3.98. The van der Waals surface area contributed by atoms with Gasteiger partial charge in [-0.15, -0.1) is 0 Å². The van der Waals surface area contributed by atoms with Gasteiger partial charge in [-0.25, -0.2) is 8.42 Å². The monoisotopic (exact) mass is 430 g/mol. The first kappa shape index (κ1) is 15.6. The lowest BCUT2D eigenvalue weighted by molar-refractivity contribution is 0.403. The van der Waals surface area contributed by atoms with Crippen LogP contribution in [0.5, 0.6) is 5.75 Å². The van der Waals surface area contributed by atoms with E-state index in [-0.39, 0.29) is 22.3 Å². The third kappa shape index (κ3) is 3.46. The number of halogens is 3. The van der Waals surface area contributed by atoms with Crippen molar-refractivity contribution < 1.29 is 13.2 Å². The van der Waals surface area contributed by atoms with Gasteiger partial charge >= 0.3 is 0 Å². The number of rotatable bonds is 3. The van der Waals surface area contributed by atoms with Gasteiger partial charge in [-0.2, -0.15) is 0 Å². The summed E-state index contributed by atoms with van der Waals surface area (Å²) in [5.74, 6) is 1.19. The van der Waals surface area contributed by atoms with Gasteiger partial charge in [0.1, 0.15) is 5.75 Å². The highest BCUT2D eigenvalue weighted by molar-refractivity contribution is 9.10. The minimum Gasteiger partial charge on any atom is -0.495 e. The van der Waals surface area contributed by atoms with Crippen LogP contribution in [0.4, 0.5) is 0 Å². The molecule has 0 aliphatic carbocycles. The molecule has 0 aromatic heterocycles. The molecule has 0 N–H and O–H groups in total. The molecule has 7 heteroatoms. The Hall–Kier alpha value is 0.220. The molecule has 1 aliphatic rings. The Morgan fingerprint density at radius 3 is 2.68 bits per heavy atom. The van der Waals surface area contributed by atoms with Gasteiger partial charge in [0.15, 0.2) is 9.84 Å². The van der Waals surface area contributed by atoms with Crippen molar-refractivity contribution in [3.63, 3.8) is 0 Å². The lowest BCUT2D eigenvalue weighted by Crippen LogP contribution is -2.11. The van der Waals surface area contributed by atoms with Crippen LogP contribution in [0.2, 0.25) is 5.02 Å². The van der Waals surface area contributed by atoms with E-state index in [4.69, 9.17) is 16.3 Å². The second-order valence-corrected chi connectivity index (χ2v) is 9.08. The first-order chi connectivity index (χ1) is 8.84. The van der Waals surface area contributed by atoms with Crippen LogP contribution in [-0.2, 0) is 9.84 Å².